The van der Waals surface area contributed by atoms with E-state index in [1.807, 2.05) is 60.7 Å². The van der Waals surface area contributed by atoms with Gasteiger partial charge in [-0.1, -0.05) is 78.3 Å². The highest BCUT2D eigenvalue weighted by atomic mass is 35.5. The first-order valence-electron chi connectivity index (χ1n) is 11.4. The van der Waals surface area contributed by atoms with Crippen molar-refractivity contribution in [2.24, 2.45) is 4.99 Å². The van der Waals surface area contributed by atoms with Crippen LogP contribution in [0.2, 0.25) is 5.02 Å². The number of aromatic carboxylic acids is 1. The first kappa shape index (κ1) is 24.6. The Morgan fingerprint density at radius 2 is 1.68 bits per heavy atom. The molecule has 37 heavy (non-hydrogen) atoms. The van der Waals surface area contributed by atoms with Crippen molar-refractivity contribution >= 4 is 46.5 Å². The van der Waals surface area contributed by atoms with E-state index in [2.05, 4.69) is 0 Å². The van der Waals surface area contributed by atoms with Gasteiger partial charge in [-0.15, -0.1) is 0 Å². The molecule has 1 saturated heterocycles. The Hall–Kier alpha value is -4.07. The maximum absolute atomic E-state index is 13.4. The van der Waals surface area contributed by atoms with Gasteiger partial charge in [0, 0.05) is 11.6 Å². The molecule has 0 aliphatic carbocycles. The number of carbonyl (C=O) groups excluding carboxylic acids is 1. The minimum absolute atomic E-state index is 0.0214. The summed E-state index contributed by atoms with van der Waals surface area (Å²) in [5.41, 5.74) is 2.73. The van der Waals surface area contributed by atoms with Gasteiger partial charge in [0.25, 0.3) is 5.91 Å². The van der Waals surface area contributed by atoms with Crippen LogP contribution in [-0.4, -0.2) is 27.1 Å². The van der Waals surface area contributed by atoms with Crippen LogP contribution in [0.15, 0.2) is 105 Å². The van der Waals surface area contributed by atoms with Gasteiger partial charge in [0.1, 0.15) is 11.5 Å². The van der Waals surface area contributed by atoms with Crippen LogP contribution >= 0.6 is 23.4 Å². The van der Waals surface area contributed by atoms with Crippen molar-refractivity contribution in [2.45, 2.75) is 13.1 Å². The molecule has 1 fully saturated rings. The summed E-state index contributed by atoms with van der Waals surface area (Å²) in [6.07, 6.45) is 1.70. The van der Waals surface area contributed by atoms with Crippen LogP contribution in [0.3, 0.4) is 0 Å². The fraction of sp³-hybridized carbons (Fsp3) is 0.0690. The normalized spacial score (nSPS) is 15.6. The van der Waals surface area contributed by atoms with Gasteiger partial charge in [0.05, 0.1) is 28.6 Å². The summed E-state index contributed by atoms with van der Waals surface area (Å²) in [6, 6.07) is 27.8. The number of aliphatic imine (C=N–C) groups is 1. The first-order valence-corrected chi connectivity index (χ1v) is 12.6. The highest BCUT2D eigenvalue weighted by Gasteiger charge is 2.33. The Morgan fingerprint density at radius 1 is 0.973 bits per heavy atom. The van der Waals surface area contributed by atoms with Gasteiger partial charge in [-0.25, -0.2) is 4.79 Å². The van der Waals surface area contributed by atoms with E-state index in [9.17, 15) is 14.7 Å². The lowest BCUT2D eigenvalue weighted by Crippen LogP contribution is -2.28. The summed E-state index contributed by atoms with van der Waals surface area (Å²) in [5, 5.41) is 9.95. The van der Waals surface area contributed by atoms with Crippen molar-refractivity contribution in [1.82, 2.24) is 4.90 Å². The highest BCUT2D eigenvalue weighted by molar-refractivity contribution is 8.18. The maximum Gasteiger partial charge on any atom is 0.337 e. The van der Waals surface area contributed by atoms with Crippen LogP contribution in [0, 0.1) is 0 Å². The number of carboxylic acid groups (broad SMARTS) is 1. The summed E-state index contributed by atoms with van der Waals surface area (Å²) in [7, 11) is 0. The number of halogens is 1. The van der Waals surface area contributed by atoms with Gasteiger partial charge in [0.15, 0.2) is 5.17 Å². The molecule has 0 bridgehead atoms. The van der Waals surface area contributed by atoms with Crippen LogP contribution in [0.5, 0.6) is 0 Å². The number of carbonyl (C=O) groups is 2. The fourth-order valence-electron chi connectivity index (χ4n) is 3.83. The largest absolute Gasteiger partial charge is 0.478 e. The Labute approximate surface area is 222 Å². The number of hydrogen-bond donors (Lipinski definition) is 1. The molecule has 0 atom stereocenters. The zero-order valence-electron chi connectivity index (χ0n) is 19.5. The van der Waals surface area contributed by atoms with Crippen LogP contribution in [0.25, 0.3) is 17.4 Å². The standard InChI is InChI=1S/C29H21ClN2O4S/c30-24-15-21(11-13-23(24)28(34)35)25-14-12-22(36-25)16-26-27(33)32(18-20-9-5-2-6-10-20)29(37-26)31-17-19-7-3-1-4-8-19/h1-16H,17-18H2,(H,34,35)/b26-16-,31-29?. The topological polar surface area (TPSA) is 83.1 Å². The number of carboxylic acids is 1. The Morgan fingerprint density at radius 3 is 2.35 bits per heavy atom. The SMILES string of the molecule is O=C(O)c1ccc(-c2ccc(/C=C3\SC(=NCc4ccccc4)N(Cc4ccccc4)C3=O)o2)cc1Cl. The average Bonchev–Trinajstić information content (AvgIpc) is 3.49. The van der Waals surface area contributed by atoms with Crippen molar-refractivity contribution in [2.75, 3.05) is 0 Å². The second-order valence-corrected chi connectivity index (χ2v) is 9.69. The summed E-state index contributed by atoms with van der Waals surface area (Å²) in [4.78, 5) is 31.6. The molecule has 184 valence electrons. The molecule has 0 spiro atoms. The molecule has 0 radical (unpaired) electrons. The summed E-state index contributed by atoms with van der Waals surface area (Å²) >= 11 is 7.42. The average molecular weight is 529 g/mol. The summed E-state index contributed by atoms with van der Waals surface area (Å²) in [6.45, 7) is 0.877. The van der Waals surface area contributed by atoms with E-state index in [4.69, 9.17) is 21.0 Å². The molecule has 4 aromatic rings. The smallest absolute Gasteiger partial charge is 0.337 e. The van der Waals surface area contributed by atoms with Crippen molar-refractivity contribution in [3.8, 4) is 11.3 Å². The zero-order chi connectivity index (χ0) is 25.8. The number of thioether (sulfide) groups is 1. The lowest BCUT2D eigenvalue weighted by Gasteiger charge is -2.15. The third kappa shape index (κ3) is 5.69. The van der Waals surface area contributed by atoms with Crippen molar-refractivity contribution in [3.63, 3.8) is 0 Å². The highest BCUT2D eigenvalue weighted by Crippen LogP contribution is 2.35. The van der Waals surface area contributed by atoms with Gasteiger partial charge in [0.2, 0.25) is 0 Å². The van der Waals surface area contributed by atoms with E-state index in [0.29, 0.717) is 40.2 Å². The fourth-order valence-corrected chi connectivity index (χ4v) is 5.05. The van der Waals surface area contributed by atoms with E-state index in [1.54, 1.807) is 35.2 Å². The minimum Gasteiger partial charge on any atom is -0.478 e. The molecule has 8 heteroatoms. The van der Waals surface area contributed by atoms with Gasteiger partial charge in [-0.2, -0.15) is 0 Å². The number of furan rings is 1. The quantitative estimate of drug-likeness (QED) is 0.262. The van der Waals surface area contributed by atoms with E-state index in [1.165, 1.54) is 17.8 Å². The Kier molecular flexibility index (Phi) is 7.25. The van der Waals surface area contributed by atoms with Crippen LogP contribution < -0.4 is 0 Å². The lowest BCUT2D eigenvalue weighted by molar-refractivity contribution is -0.122. The number of hydrogen-bond acceptors (Lipinski definition) is 5. The van der Waals surface area contributed by atoms with E-state index in [0.717, 1.165) is 11.1 Å². The van der Waals surface area contributed by atoms with Crippen molar-refractivity contribution in [3.05, 3.63) is 123 Å². The number of benzene rings is 3. The third-order valence-electron chi connectivity index (χ3n) is 5.70. The van der Waals surface area contributed by atoms with Crippen LogP contribution in [0.1, 0.15) is 27.2 Å². The Bertz CT molecular complexity index is 1510. The van der Waals surface area contributed by atoms with Gasteiger partial charge in [-0.05, 0) is 47.2 Å². The molecule has 1 aliphatic heterocycles. The van der Waals surface area contributed by atoms with E-state index < -0.39 is 5.97 Å². The molecule has 1 N–H and O–H groups in total. The number of rotatable bonds is 7. The molecule has 5 rings (SSSR count). The molecule has 0 unspecified atom stereocenters. The zero-order valence-corrected chi connectivity index (χ0v) is 21.1. The summed E-state index contributed by atoms with van der Waals surface area (Å²) < 4.78 is 5.95. The molecular formula is C29H21ClN2O4S. The van der Waals surface area contributed by atoms with Crippen molar-refractivity contribution in [1.29, 1.82) is 0 Å². The monoisotopic (exact) mass is 528 g/mol. The molecule has 1 aromatic heterocycles. The Balaban J connectivity index is 1.41. The molecule has 3 aromatic carbocycles. The molecule has 0 saturated carbocycles. The third-order valence-corrected chi connectivity index (χ3v) is 7.05. The van der Waals surface area contributed by atoms with E-state index in [-0.39, 0.29) is 16.5 Å². The van der Waals surface area contributed by atoms with Crippen LogP contribution in [0.4, 0.5) is 0 Å². The number of nitrogens with zero attached hydrogens (tertiary/aromatic N) is 2. The molecule has 6 nitrogen and oxygen atoms in total. The van der Waals surface area contributed by atoms with Gasteiger partial charge >= 0.3 is 5.97 Å². The van der Waals surface area contributed by atoms with Gasteiger partial charge in [-0.3, -0.25) is 14.7 Å². The predicted molar refractivity (Wildman–Crippen MR) is 146 cm³/mol. The predicted octanol–water partition coefficient (Wildman–Crippen LogP) is 6.97. The summed E-state index contributed by atoms with van der Waals surface area (Å²) in [5.74, 6) is -0.232. The molecular weight excluding hydrogens is 508 g/mol. The maximum atomic E-state index is 13.4. The van der Waals surface area contributed by atoms with E-state index >= 15 is 0 Å². The minimum atomic E-state index is -1.09. The second-order valence-electron chi connectivity index (χ2n) is 8.27. The molecule has 2 heterocycles. The lowest BCUT2D eigenvalue weighted by atomic mass is 10.1. The molecule has 1 amide bonds. The van der Waals surface area contributed by atoms with Gasteiger partial charge < -0.3 is 9.52 Å². The second kappa shape index (κ2) is 10.9. The van der Waals surface area contributed by atoms with Crippen LogP contribution in [-0.2, 0) is 17.9 Å². The first-order chi connectivity index (χ1) is 18.0. The number of amides is 1. The van der Waals surface area contributed by atoms with Crippen molar-refractivity contribution < 1.29 is 19.1 Å². The molecule has 1 aliphatic rings. The number of amidine groups is 1.